The van der Waals surface area contributed by atoms with Gasteiger partial charge in [0, 0.05) is 31.4 Å². The first-order valence-electron chi connectivity index (χ1n) is 6.85. The van der Waals surface area contributed by atoms with E-state index in [1.54, 1.807) is 42.6 Å². The van der Waals surface area contributed by atoms with Crippen LogP contribution in [0, 0.1) is 0 Å². The minimum Gasteiger partial charge on any atom is -0.384 e. The average molecular weight is 312 g/mol. The molecule has 2 rings (SSSR count). The van der Waals surface area contributed by atoms with Gasteiger partial charge < -0.3 is 15.9 Å². The van der Waals surface area contributed by atoms with E-state index in [1.807, 2.05) is 0 Å². The Morgan fingerprint density at radius 3 is 2.61 bits per heavy atom. The maximum Gasteiger partial charge on any atom is 0.367 e. The summed E-state index contributed by atoms with van der Waals surface area (Å²) in [6.07, 6.45) is 3.26. The summed E-state index contributed by atoms with van der Waals surface area (Å²) in [5, 5.41) is 6.28. The van der Waals surface area contributed by atoms with Gasteiger partial charge in [0.1, 0.15) is 5.84 Å². The molecule has 0 aliphatic carbocycles. The van der Waals surface area contributed by atoms with E-state index in [0.717, 1.165) is 5.56 Å². The molecule has 0 spiro atoms. The lowest BCUT2D eigenvalue weighted by Gasteiger charge is -2.04. The number of hydrogen-bond acceptors (Lipinski definition) is 5. The van der Waals surface area contributed by atoms with Crippen LogP contribution in [0.5, 0.6) is 0 Å². The van der Waals surface area contributed by atoms with Gasteiger partial charge in [0.2, 0.25) is 5.91 Å². The molecule has 3 N–H and O–H groups in total. The number of oxime groups is 1. The number of anilines is 1. The molecule has 1 heterocycles. The van der Waals surface area contributed by atoms with Gasteiger partial charge in [-0.3, -0.25) is 9.78 Å². The van der Waals surface area contributed by atoms with Crippen LogP contribution in [0.1, 0.15) is 22.8 Å². The summed E-state index contributed by atoms with van der Waals surface area (Å²) >= 11 is 0. The molecule has 0 bridgehead atoms. The Morgan fingerprint density at radius 1 is 1.26 bits per heavy atom. The number of nitrogens with zero attached hydrogens (tertiary/aromatic N) is 2. The van der Waals surface area contributed by atoms with Crippen LogP contribution in [-0.2, 0) is 16.1 Å². The smallest absolute Gasteiger partial charge is 0.367 e. The average Bonchev–Trinajstić information content (AvgIpc) is 2.55. The molecule has 0 saturated heterocycles. The highest BCUT2D eigenvalue weighted by Gasteiger charge is 2.07. The van der Waals surface area contributed by atoms with Crippen molar-refractivity contribution < 1.29 is 14.4 Å². The Morgan fingerprint density at radius 2 is 2.00 bits per heavy atom. The molecule has 0 aliphatic heterocycles. The number of carbonyl (C=O) groups excluding carboxylic acids is 2. The van der Waals surface area contributed by atoms with Crippen molar-refractivity contribution in [1.82, 2.24) is 4.98 Å². The molecule has 23 heavy (non-hydrogen) atoms. The van der Waals surface area contributed by atoms with Crippen molar-refractivity contribution in [2.45, 2.75) is 13.3 Å². The van der Waals surface area contributed by atoms with Crippen LogP contribution in [0.4, 0.5) is 5.69 Å². The summed E-state index contributed by atoms with van der Waals surface area (Å²) in [6.45, 7) is 1.44. The van der Waals surface area contributed by atoms with Gasteiger partial charge in [-0.2, -0.15) is 0 Å². The fourth-order valence-electron chi connectivity index (χ4n) is 1.79. The Bertz CT molecular complexity index is 712. The zero-order valence-electron chi connectivity index (χ0n) is 12.5. The number of benzene rings is 1. The topological polar surface area (TPSA) is 107 Å². The minimum absolute atomic E-state index is 0.138. The number of nitrogens with two attached hydrogens (primary N) is 1. The van der Waals surface area contributed by atoms with E-state index in [-0.39, 0.29) is 11.7 Å². The predicted octanol–water partition coefficient (Wildman–Crippen LogP) is 1.71. The van der Waals surface area contributed by atoms with E-state index < -0.39 is 5.97 Å². The molecule has 0 fully saturated rings. The summed E-state index contributed by atoms with van der Waals surface area (Å²) in [6, 6.07) is 10.3. The summed E-state index contributed by atoms with van der Waals surface area (Å²) < 4.78 is 0. The maximum absolute atomic E-state index is 11.7. The predicted molar refractivity (Wildman–Crippen MR) is 85.7 cm³/mol. The van der Waals surface area contributed by atoms with Gasteiger partial charge >= 0.3 is 5.97 Å². The lowest BCUT2D eigenvalue weighted by molar-refractivity contribution is -0.114. The van der Waals surface area contributed by atoms with Crippen molar-refractivity contribution >= 4 is 23.4 Å². The lowest BCUT2D eigenvalue weighted by atomic mass is 10.1. The maximum atomic E-state index is 11.7. The van der Waals surface area contributed by atoms with E-state index >= 15 is 0 Å². The Balaban J connectivity index is 1.92. The van der Waals surface area contributed by atoms with Crippen molar-refractivity contribution in [3.63, 3.8) is 0 Å². The molecule has 7 heteroatoms. The van der Waals surface area contributed by atoms with Crippen LogP contribution in [0.25, 0.3) is 0 Å². The SMILES string of the molecule is CC(=O)Nc1ccc(C/C(N)=N/OC(=O)c2cccnc2)cc1. The standard InChI is InChI=1S/C16H16N4O3/c1-11(21)19-14-6-4-12(5-7-14)9-15(17)20-23-16(22)13-3-2-8-18-10-13/h2-8,10H,9H2,1H3,(H2,17,20)(H,19,21). The second-order valence-electron chi connectivity index (χ2n) is 4.76. The monoisotopic (exact) mass is 312 g/mol. The van der Waals surface area contributed by atoms with E-state index in [0.29, 0.717) is 17.7 Å². The van der Waals surface area contributed by atoms with Crippen molar-refractivity contribution in [1.29, 1.82) is 0 Å². The zero-order chi connectivity index (χ0) is 16.7. The molecule has 0 aliphatic rings. The van der Waals surface area contributed by atoms with Crippen molar-refractivity contribution in [2.24, 2.45) is 10.9 Å². The molecule has 0 radical (unpaired) electrons. The van der Waals surface area contributed by atoms with Gasteiger partial charge in [0.25, 0.3) is 0 Å². The molecule has 7 nitrogen and oxygen atoms in total. The molecule has 1 amide bonds. The summed E-state index contributed by atoms with van der Waals surface area (Å²) in [7, 11) is 0. The Hall–Kier alpha value is -3.22. The molecular formula is C16H16N4O3. The first-order valence-corrected chi connectivity index (χ1v) is 6.85. The fraction of sp³-hybridized carbons (Fsp3) is 0.125. The molecule has 1 aromatic heterocycles. The quantitative estimate of drug-likeness (QED) is 0.378. The normalized spacial score (nSPS) is 10.9. The molecule has 2 aromatic rings. The number of aromatic nitrogens is 1. The van der Waals surface area contributed by atoms with Crippen LogP contribution in [0.15, 0.2) is 53.9 Å². The summed E-state index contributed by atoms with van der Waals surface area (Å²) in [5.41, 5.74) is 7.60. The van der Waals surface area contributed by atoms with Gasteiger partial charge in [-0.05, 0) is 29.8 Å². The first-order chi connectivity index (χ1) is 11.0. The zero-order valence-corrected chi connectivity index (χ0v) is 12.5. The molecule has 1 aromatic carbocycles. The minimum atomic E-state index is -0.623. The second kappa shape index (κ2) is 7.69. The third-order valence-electron chi connectivity index (χ3n) is 2.80. The highest BCUT2D eigenvalue weighted by atomic mass is 16.7. The summed E-state index contributed by atoms with van der Waals surface area (Å²) in [5.74, 6) is -0.599. The number of pyridine rings is 1. The highest BCUT2D eigenvalue weighted by molar-refractivity contribution is 5.90. The van der Waals surface area contributed by atoms with Crippen LogP contribution in [0.3, 0.4) is 0 Å². The third-order valence-corrected chi connectivity index (χ3v) is 2.80. The van der Waals surface area contributed by atoms with Gasteiger partial charge in [-0.1, -0.05) is 17.3 Å². The number of rotatable bonds is 5. The van der Waals surface area contributed by atoms with Crippen molar-refractivity contribution in [3.05, 3.63) is 59.9 Å². The Kier molecular flexibility index (Phi) is 5.40. The van der Waals surface area contributed by atoms with E-state index in [9.17, 15) is 9.59 Å². The van der Waals surface area contributed by atoms with E-state index in [4.69, 9.17) is 10.6 Å². The molecular weight excluding hydrogens is 296 g/mol. The number of amides is 1. The van der Waals surface area contributed by atoms with Gasteiger partial charge in [-0.15, -0.1) is 0 Å². The number of nitrogens with one attached hydrogen (secondary N) is 1. The molecule has 118 valence electrons. The van der Waals surface area contributed by atoms with Gasteiger partial charge in [0.15, 0.2) is 0 Å². The van der Waals surface area contributed by atoms with E-state index in [1.165, 1.54) is 13.1 Å². The number of amidine groups is 1. The van der Waals surface area contributed by atoms with Crippen LogP contribution in [0.2, 0.25) is 0 Å². The number of carbonyl (C=O) groups is 2. The first kappa shape index (κ1) is 16.2. The van der Waals surface area contributed by atoms with E-state index in [2.05, 4.69) is 15.5 Å². The van der Waals surface area contributed by atoms with Crippen LogP contribution < -0.4 is 11.1 Å². The second-order valence-corrected chi connectivity index (χ2v) is 4.76. The highest BCUT2D eigenvalue weighted by Crippen LogP contribution is 2.10. The number of hydrogen-bond donors (Lipinski definition) is 2. The third kappa shape index (κ3) is 5.24. The van der Waals surface area contributed by atoms with Crippen molar-refractivity contribution in [3.8, 4) is 0 Å². The van der Waals surface area contributed by atoms with Crippen LogP contribution >= 0.6 is 0 Å². The van der Waals surface area contributed by atoms with Gasteiger partial charge in [-0.25, -0.2) is 4.79 Å². The lowest BCUT2D eigenvalue weighted by Crippen LogP contribution is -2.16. The Labute approximate surface area is 133 Å². The summed E-state index contributed by atoms with van der Waals surface area (Å²) in [4.78, 5) is 31.2. The molecule has 0 unspecified atom stereocenters. The largest absolute Gasteiger partial charge is 0.384 e. The van der Waals surface area contributed by atoms with Gasteiger partial charge in [0.05, 0.1) is 5.56 Å². The molecule has 0 atom stereocenters. The van der Waals surface area contributed by atoms with Crippen molar-refractivity contribution in [2.75, 3.05) is 5.32 Å². The molecule has 0 saturated carbocycles. The fourth-order valence-corrected chi connectivity index (χ4v) is 1.79. The van der Waals surface area contributed by atoms with Crippen LogP contribution in [-0.4, -0.2) is 22.7 Å².